The second-order valence-electron chi connectivity index (χ2n) is 6.47. The quantitative estimate of drug-likeness (QED) is 0.830. The molecule has 3 rings (SSSR count). The molecule has 128 valence electrons. The molecular weight excluding hydrogens is 312 g/mol. The number of benzene rings is 1. The summed E-state index contributed by atoms with van der Waals surface area (Å²) in [4.78, 5) is 12.2. The van der Waals surface area contributed by atoms with E-state index in [0.29, 0.717) is 18.4 Å². The standard InChI is InChI=1S/C18H26N2O2.ClH/c21-18(10-9-14-11-12-19-13-14)20-16-7-3-4-8-17(16)22-15-5-1-2-6-15;/h3-4,7-8,14-15,19H,1-2,5-6,9-13H2,(H,20,21);1H. The number of ether oxygens (including phenoxy) is 1. The maximum absolute atomic E-state index is 12.2. The zero-order valence-corrected chi connectivity index (χ0v) is 14.4. The molecule has 4 nitrogen and oxygen atoms in total. The Bertz CT molecular complexity index is 498. The molecule has 1 aliphatic carbocycles. The number of para-hydroxylation sites is 2. The lowest BCUT2D eigenvalue weighted by Gasteiger charge is -2.17. The van der Waals surface area contributed by atoms with Crippen LogP contribution in [0, 0.1) is 5.92 Å². The monoisotopic (exact) mass is 338 g/mol. The highest BCUT2D eigenvalue weighted by Gasteiger charge is 2.19. The second-order valence-corrected chi connectivity index (χ2v) is 6.47. The summed E-state index contributed by atoms with van der Waals surface area (Å²) in [6.45, 7) is 2.14. The first-order valence-electron chi connectivity index (χ1n) is 8.57. The van der Waals surface area contributed by atoms with Crippen molar-refractivity contribution in [1.29, 1.82) is 0 Å². The van der Waals surface area contributed by atoms with Gasteiger partial charge in [0.2, 0.25) is 5.91 Å². The van der Waals surface area contributed by atoms with Gasteiger partial charge in [0, 0.05) is 6.42 Å². The molecule has 1 saturated carbocycles. The largest absolute Gasteiger partial charge is 0.488 e. The number of hydrogen-bond acceptors (Lipinski definition) is 3. The molecule has 0 spiro atoms. The fourth-order valence-corrected chi connectivity index (χ4v) is 3.37. The van der Waals surface area contributed by atoms with Crippen LogP contribution in [0.15, 0.2) is 24.3 Å². The Hall–Kier alpha value is -1.26. The lowest BCUT2D eigenvalue weighted by Crippen LogP contribution is -2.17. The lowest BCUT2D eigenvalue weighted by atomic mass is 10.0. The van der Waals surface area contributed by atoms with Gasteiger partial charge >= 0.3 is 0 Å². The van der Waals surface area contributed by atoms with Crippen LogP contribution in [0.3, 0.4) is 0 Å². The number of hydrogen-bond donors (Lipinski definition) is 2. The highest BCUT2D eigenvalue weighted by molar-refractivity contribution is 5.92. The van der Waals surface area contributed by atoms with Gasteiger partial charge in [-0.2, -0.15) is 0 Å². The Kier molecular flexibility index (Phi) is 7.18. The molecule has 1 aromatic rings. The average Bonchev–Trinajstić information content (AvgIpc) is 3.20. The first-order chi connectivity index (χ1) is 10.8. The van der Waals surface area contributed by atoms with Crippen molar-refractivity contribution in [2.24, 2.45) is 5.92 Å². The maximum atomic E-state index is 12.2. The van der Waals surface area contributed by atoms with Crippen molar-refractivity contribution in [1.82, 2.24) is 5.32 Å². The Labute approximate surface area is 144 Å². The van der Waals surface area contributed by atoms with Crippen molar-refractivity contribution in [3.63, 3.8) is 0 Å². The zero-order valence-electron chi connectivity index (χ0n) is 13.6. The molecule has 1 amide bonds. The number of amides is 1. The number of halogens is 1. The molecule has 0 bridgehead atoms. The molecule has 2 aliphatic rings. The van der Waals surface area contributed by atoms with E-state index in [2.05, 4.69) is 10.6 Å². The van der Waals surface area contributed by atoms with Gasteiger partial charge in [0.05, 0.1) is 11.8 Å². The maximum Gasteiger partial charge on any atom is 0.224 e. The van der Waals surface area contributed by atoms with Crippen LogP contribution in [0.25, 0.3) is 0 Å². The molecule has 0 radical (unpaired) electrons. The molecule has 2 N–H and O–H groups in total. The molecule has 0 aromatic heterocycles. The van der Waals surface area contributed by atoms with E-state index in [0.717, 1.165) is 43.8 Å². The molecule has 1 heterocycles. The SMILES string of the molecule is Cl.O=C(CCC1CCNC1)Nc1ccccc1OC1CCCC1. The zero-order chi connectivity index (χ0) is 15.2. The minimum atomic E-state index is 0. The van der Waals surface area contributed by atoms with Crippen LogP contribution in [-0.4, -0.2) is 25.1 Å². The molecule has 1 saturated heterocycles. The topological polar surface area (TPSA) is 50.4 Å². The normalized spacial score (nSPS) is 21.0. The van der Waals surface area contributed by atoms with E-state index in [4.69, 9.17) is 4.74 Å². The molecule has 2 fully saturated rings. The third kappa shape index (κ3) is 5.40. The van der Waals surface area contributed by atoms with Gasteiger partial charge in [-0.25, -0.2) is 0 Å². The minimum Gasteiger partial charge on any atom is -0.488 e. The summed E-state index contributed by atoms with van der Waals surface area (Å²) >= 11 is 0. The minimum absolute atomic E-state index is 0. The van der Waals surface area contributed by atoms with Crippen LogP contribution < -0.4 is 15.4 Å². The van der Waals surface area contributed by atoms with Crippen LogP contribution >= 0.6 is 12.4 Å². The van der Waals surface area contributed by atoms with E-state index in [9.17, 15) is 4.79 Å². The number of carbonyl (C=O) groups is 1. The third-order valence-corrected chi connectivity index (χ3v) is 4.70. The molecule has 23 heavy (non-hydrogen) atoms. The molecule has 1 aliphatic heterocycles. The summed E-state index contributed by atoms with van der Waals surface area (Å²) in [5.74, 6) is 1.55. The van der Waals surface area contributed by atoms with Crippen LogP contribution in [0.2, 0.25) is 0 Å². The van der Waals surface area contributed by atoms with E-state index in [1.165, 1.54) is 19.3 Å². The Morgan fingerprint density at radius 2 is 2.00 bits per heavy atom. The molecule has 1 atom stereocenters. The lowest BCUT2D eigenvalue weighted by molar-refractivity contribution is -0.116. The van der Waals surface area contributed by atoms with Gasteiger partial charge in [-0.05, 0) is 69.7 Å². The van der Waals surface area contributed by atoms with Gasteiger partial charge in [-0.1, -0.05) is 12.1 Å². The van der Waals surface area contributed by atoms with E-state index in [1.807, 2.05) is 24.3 Å². The van der Waals surface area contributed by atoms with Crippen molar-refractivity contribution < 1.29 is 9.53 Å². The highest BCUT2D eigenvalue weighted by atomic mass is 35.5. The van der Waals surface area contributed by atoms with Crippen LogP contribution in [0.4, 0.5) is 5.69 Å². The molecular formula is C18H27ClN2O2. The Morgan fingerprint density at radius 1 is 1.22 bits per heavy atom. The van der Waals surface area contributed by atoms with E-state index < -0.39 is 0 Å². The number of nitrogens with one attached hydrogen (secondary N) is 2. The van der Waals surface area contributed by atoms with Crippen molar-refractivity contribution >= 4 is 24.0 Å². The van der Waals surface area contributed by atoms with Crippen molar-refractivity contribution in [3.8, 4) is 5.75 Å². The molecule has 5 heteroatoms. The fraction of sp³-hybridized carbons (Fsp3) is 0.611. The van der Waals surface area contributed by atoms with Crippen LogP contribution in [-0.2, 0) is 4.79 Å². The summed E-state index contributed by atoms with van der Waals surface area (Å²) < 4.78 is 6.06. The summed E-state index contributed by atoms with van der Waals surface area (Å²) in [5.41, 5.74) is 0.809. The Balaban J connectivity index is 0.00000192. The fourth-order valence-electron chi connectivity index (χ4n) is 3.37. The smallest absolute Gasteiger partial charge is 0.224 e. The van der Waals surface area contributed by atoms with Crippen molar-refractivity contribution in [2.45, 2.75) is 51.0 Å². The van der Waals surface area contributed by atoms with Gasteiger partial charge in [0.15, 0.2) is 0 Å². The van der Waals surface area contributed by atoms with Crippen LogP contribution in [0.1, 0.15) is 44.9 Å². The first kappa shape index (κ1) is 18.1. The van der Waals surface area contributed by atoms with Crippen molar-refractivity contribution in [3.05, 3.63) is 24.3 Å². The number of anilines is 1. The summed E-state index contributed by atoms with van der Waals surface area (Å²) in [5, 5.41) is 6.37. The second kappa shape index (κ2) is 9.14. The number of rotatable bonds is 6. The van der Waals surface area contributed by atoms with Crippen LogP contribution in [0.5, 0.6) is 5.75 Å². The van der Waals surface area contributed by atoms with E-state index >= 15 is 0 Å². The predicted octanol–water partition coefficient (Wildman–Crippen LogP) is 3.76. The van der Waals surface area contributed by atoms with E-state index in [-0.39, 0.29) is 18.3 Å². The van der Waals surface area contributed by atoms with Gasteiger partial charge in [0.25, 0.3) is 0 Å². The molecule has 1 unspecified atom stereocenters. The van der Waals surface area contributed by atoms with Gasteiger partial charge in [0.1, 0.15) is 5.75 Å². The van der Waals surface area contributed by atoms with Gasteiger partial charge < -0.3 is 15.4 Å². The predicted molar refractivity (Wildman–Crippen MR) is 95.4 cm³/mol. The van der Waals surface area contributed by atoms with Gasteiger partial charge in [-0.3, -0.25) is 4.79 Å². The Morgan fingerprint density at radius 3 is 2.74 bits per heavy atom. The number of carbonyl (C=O) groups excluding carboxylic acids is 1. The summed E-state index contributed by atoms with van der Waals surface area (Å²) in [6, 6.07) is 7.79. The van der Waals surface area contributed by atoms with Crippen molar-refractivity contribution in [2.75, 3.05) is 18.4 Å². The highest BCUT2D eigenvalue weighted by Crippen LogP contribution is 2.30. The van der Waals surface area contributed by atoms with Gasteiger partial charge in [-0.15, -0.1) is 12.4 Å². The molecule has 1 aromatic carbocycles. The third-order valence-electron chi connectivity index (χ3n) is 4.70. The summed E-state index contributed by atoms with van der Waals surface area (Å²) in [7, 11) is 0. The summed E-state index contributed by atoms with van der Waals surface area (Å²) in [6.07, 6.45) is 7.78. The first-order valence-corrected chi connectivity index (χ1v) is 8.57. The van der Waals surface area contributed by atoms with E-state index in [1.54, 1.807) is 0 Å². The average molecular weight is 339 g/mol.